The summed E-state index contributed by atoms with van der Waals surface area (Å²) in [6.45, 7) is 0.253. The van der Waals surface area contributed by atoms with Crippen LogP contribution in [0.15, 0.2) is 6.20 Å². The molecule has 1 aromatic rings. The maximum Gasteiger partial charge on any atom is 0.274 e. The predicted octanol–water partition coefficient (Wildman–Crippen LogP) is -0.293. The van der Waals surface area contributed by atoms with Gasteiger partial charge in [0.15, 0.2) is 0 Å². The maximum absolute atomic E-state index is 11.7. The van der Waals surface area contributed by atoms with Crippen molar-refractivity contribution in [2.75, 3.05) is 19.3 Å². The summed E-state index contributed by atoms with van der Waals surface area (Å²) in [5.41, 5.74) is 6.32. The van der Waals surface area contributed by atoms with Crippen LogP contribution in [-0.4, -0.2) is 34.2 Å². The maximum atomic E-state index is 11.7. The summed E-state index contributed by atoms with van der Waals surface area (Å²) < 4.78 is 1.44. The lowest BCUT2D eigenvalue weighted by Gasteiger charge is -2.13. The fourth-order valence-electron chi connectivity index (χ4n) is 1.11. The van der Waals surface area contributed by atoms with E-state index >= 15 is 0 Å². The second kappa shape index (κ2) is 3.83. The van der Waals surface area contributed by atoms with E-state index < -0.39 is 0 Å². The molecule has 0 radical (unpaired) electrons. The van der Waals surface area contributed by atoms with Gasteiger partial charge in [0.2, 0.25) is 0 Å². The van der Waals surface area contributed by atoms with E-state index in [4.69, 9.17) is 12.2 Å². The highest BCUT2D eigenvalue weighted by Crippen LogP contribution is 2.11. The number of nitrogen functional groups attached to an aromatic ring is 1. The lowest BCUT2D eigenvalue weighted by Crippen LogP contribution is -2.29. The molecule has 5 nitrogen and oxygen atoms in total. The smallest absolute Gasteiger partial charge is 0.274 e. The van der Waals surface area contributed by atoms with Gasteiger partial charge in [-0.2, -0.15) is 5.10 Å². The summed E-state index contributed by atoms with van der Waals surface area (Å²) in [6, 6.07) is 0. The fraction of sp³-hybridized carbons (Fsp3) is 0.333. The summed E-state index contributed by atoms with van der Waals surface area (Å²) in [4.78, 5) is 13.1. The van der Waals surface area contributed by atoms with Crippen molar-refractivity contribution >= 4 is 11.6 Å². The van der Waals surface area contributed by atoms with Crippen molar-refractivity contribution in [2.45, 2.75) is 0 Å². The van der Waals surface area contributed by atoms with E-state index in [-0.39, 0.29) is 12.5 Å². The SMILES string of the molecule is C#CCN(C)C(=O)c1c(N)cnn1C. The van der Waals surface area contributed by atoms with Crippen molar-refractivity contribution < 1.29 is 4.79 Å². The first-order chi connectivity index (χ1) is 6.57. The van der Waals surface area contributed by atoms with Gasteiger partial charge in [0.25, 0.3) is 5.91 Å². The molecule has 0 spiro atoms. The van der Waals surface area contributed by atoms with Crippen molar-refractivity contribution in [3.63, 3.8) is 0 Å². The lowest BCUT2D eigenvalue weighted by atomic mass is 10.3. The second-order valence-electron chi connectivity index (χ2n) is 2.94. The monoisotopic (exact) mass is 192 g/mol. The molecule has 0 unspecified atom stereocenters. The molecule has 0 fully saturated rings. The number of hydrogen-bond acceptors (Lipinski definition) is 3. The molecule has 0 atom stereocenters. The van der Waals surface area contributed by atoms with Gasteiger partial charge in [-0.15, -0.1) is 6.42 Å². The summed E-state index contributed by atoms with van der Waals surface area (Å²) in [7, 11) is 3.28. The largest absolute Gasteiger partial charge is 0.396 e. The molecular weight excluding hydrogens is 180 g/mol. The number of terminal acetylenes is 1. The Bertz CT molecular complexity index is 369. The average Bonchev–Trinajstić information content (AvgIpc) is 2.46. The molecule has 1 heterocycles. The van der Waals surface area contributed by atoms with Gasteiger partial charge in [-0.25, -0.2) is 0 Å². The van der Waals surface area contributed by atoms with Crippen molar-refractivity contribution in [1.82, 2.24) is 14.7 Å². The van der Waals surface area contributed by atoms with Gasteiger partial charge in [0.1, 0.15) is 5.69 Å². The standard InChI is InChI=1S/C9H12N4O/c1-4-5-12(2)9(14)8-7(10)6-11-13(8)3/h1,6H,5,10H2,2-3H3. The second-order valence-corrected chi connectivity index (χ2v) is 2.94. The molecule has 14 heavy (non-hydrogen) atoms. The first-order valence-electron chi connectivity index (χ1n) is 4.04. The highest BCUT2D eigenvalue weighted by atomic mass is 16.2. The van der Waals surface area contributed by atoms with Crippen molar-refractivity contribution in [1.29, 1.82) is 0 Å². The summed E-state index contributed by atoms with van der Waals surface area (Å²) in [5, 5.41) is 3.87. The Kier molecular flexibility index (Phi) is 2.77. The van der Waals surface area contributed by atoms with E-state index in [1.54, 1.807) is 14.1 Å². The Hall–Kier alpha value is -1.96. The number of anilines is 1. The predicted molar refractivity (Wildman–Crippen MR) is 53.4 cm³/mol. The van der Waals surface area contributed by atoms with Gasteiger partial charge in [-0.3, -0.25) is 9.48 Å². The molecular formula is C9H12N4O. The third-order valence-electron chi connectivity index (χ3n) is 1.84. The van der Waals surface area contributed by atoms with Gasteiger partial charge in [-0.1, -0.05) is 5.92 Å². The molecule has 0 saturated heterocycles. The Morgan fingerprint density at radius 1 is 1.86 bits per heavy atom. The quantitative estimate of drug-likeness (QED) is 0.655. The van der Waals surface area contributed by atoms with Crippen molar-refractivity contribution in [2.24, 2.45) is 7.05 Å². The highest BCUT2D eigenvalue weighted by molar-refractivity contribution is 5.97. The van der Waals surface area contributed by atoms with Crippen LogP contribution in [0.3, 0.4) is 0 Å². The van der Waals surface area contributed by atoms with Crippen molar-refractivity contribution in [3.8, 4) is 12.3 Å². The first-order valence-corrected chi connectivity index (χ1v) is 4.04. The zero-order valence-corrected chi connectivity index (χ0v) is 8.19. The van der Waals surface area contributed by atoms with Crippen LogP contribution in [-0.2, 0) is 7.05 Å². The van der Waals surface area contributed by atoms with Crippen LogP contribution in [0.2, 0.25) is 0 Å². The summed E-state index contributed by atoms with van der Waals surface area (Å²) >= 11 is 0. The number of nitrogens with zero attached hydrogens (tertiary/aromatic N) is 3. The minimum absolute atomic E-state index is 0.222. The molecule has 74 valence electrons. The number of amides is 1. The van der Waals surface area contributed by atoms with Crippen molar-refractivity contribution in [3.05, 3.63) is 11.9 Å². The van der Waals surface area contributed by atoms with E-state index in [1.807, 2.05) is 0 Å². The van der Waals surface area contributed by atoms with Crippen LogP contribution in [0, 0.1) is 12.3 Å². The van der Waals surface area contributed by atoms with Gasteiger partial charge in [0.05, 0.1) is 18.4 Å². The molecule has 2 N–H and O–H groups in total. The molecule has 1 aromatic heterocycles. The number of hydrogen-bond donors (Lipinski definition) is 1. The van der Waals surface area contributed by atoms with Crippen LogP contribution < -0.4 is 5.73 Å². The molecule has 0 aliphatic heterocycles. The topological polar surface area (TPSA) is 64.2 Å². The van der Waals surface area contributed by atoms with E-state index in [0.717, 1.165) is 0 Å². The zero-order valence-electron chi connectivity index (χ0n) is 8.19. The highest BCUT2D eigenvalue weighted by Gasteiger charge is 2.17. The van der Waals surface area contributed by atoms with Crippen LogP contribution in [0.1, 0.15) is 10.5 Å². The van der Waals surface area contributed by atoms with Crippen LogP contribution >= 0.6 is 0 Å². The third-order valence-corrected chi connectivity index (χ3v) is 1.84. The Morgan fingerprint density at radius 3 is 2.93 bits per heavy atom. The number of aryl methyl sites for hydroxylation is 1. The molecule has 0 aliphatic rings. The fourth-order valence-corrected chi connectivity index (χ4v) is 1.11. The number of rotatable bonds is 2. The van der Waals surface area contributed by atoms with Gasteiger partial charge in [0, 0.05) is 14.1 Å². The number of nitrogens with two attached hydrogens (primary N) is 1. The van der Waals surface area contributed by atoms with E-state index in [9.17, 15) is 4.79 Å². The number of carbonyl (C=O) groups excluding carboxylic acids is 1. The zero-order chi connectivity index (χ0) is 10.7. The molecule has 1 rings (SSSR count). The lowest BCUT2D eigenvalue weighted by molar-refractivity contribution is 0.0803. The molecule has 0 bridgehead atoms. The minimum Gasteiger partial charge on any atom is -0.396 e. The third kappa shape index (κ3) is 1.69. The van der Waals surface area contributed by atoms with E-state index in [2.05, 4.69) is 11.0 Å². The molecule has 0 aromatic carbocycles. The summed E-state index contributed by atoms with van der Waals surface area (Å²) in [5.74, 6) is 2.16. The Morgan fingerprint density at radius 2 is 2.50 bits per heavy atom. The number of aromatic nitrogens is 2. The van der Waals surface area contributed by atoms with Crippen LogP contribution in [0.5, 0.6) is 0 Å². The Balaban J connectivity index is 2.95. The molecule has 0 aliphatic carbocycles. The van der Waals surface area contributed by atoms with E-state index in [1.165, 1.54) is 15.8 Å². The average molecular weight is 192 g/mol. The van der Waals surface area contributed by atoms with Gasteiger partial charge in [-0.05, 0) is 0 Å². The molecule has 1 amide bonds. The summed E-state index contributed by atoms with van der Waals surface area (Å²) in [6.07, 6.45) is 6.54. The van der Waals surface area contributed by atoms with Gasteiger partial charge >= 0.3 is 0 Å². The molecule has 5 heteroatoms. The van der Waals surface area contributed by atoms with Gasteiger partial charge < -0.3 is 10.6 Å². The first kappa shape index (κ1) is 10.1. The molecule has 0 saturated carbocycles. The van der Waals surface area contributed by atoms with Crippen LogP contribution in [0.25, 0.3) is 0 Å². The van der Waals surface area contributed by atoms with E-state index in [0.29, 0.717) is 11.4 Å². The Labute approximate surface area is 82.5 Å². The number of carbonyl (C=O) groups is 1. The minimum atomic E-state index is -0.222. The van der Waals surface area contributed by atoms with Crippen LogP contribution in [0.4, 0.5) is 5.69 Å². The normalized spacial score (nSPS) is 9.50.